The Morgan fingerprint density at radius 1 is 1.11 bits per heavy atom. The van der Waals surface area contributed by atoms with Crippen LogP contribution in [-0.4, -0.2) is 36.4 Å². The lowest BCUT2D eigenvalue weighted by molar-refractivity contribution is -0.151. The third-order valence-electron chi connectivity index (χ3n) is 4.45. The van der Waals surface area contributed by atoms with Crippen molar-refractivity contribution in [1.82, 2.24) is 4.90 Å². The molecule has 1 unspecified atom stereocenters. The molecular weight excluding hydrogens is 346 g/mol. The van der Waals surface area contributed by atoms with Gasteiger partial charge >= 0.3 is 11.9 Å². The highest BCUT2D eigenvalue weighted by Crippen LogP contribution is 2.22. The summed E-state index contributed by atoms with van der Waals surface area (Å²) in [4.78, 5) is 38.2. The van der Waals surface area contributed by atoms with Gasteiger partial charge in [-0.3, -0.25) is 4.79 Å². The van der Waals surface area contributed by atoms with Crippen LogP contribution in [0.5, 0.6) is 0 Å². The predicted octanol–water partition coefficient (Wildman–Crippen LogP) is 2.88. The van der Waals surface area contributed by atoms with Gasteiger partial charge in [-0.1, -0.05) is 42.5 Å². The quantitative estimate of drug-likeness (QED) is 0.734. The van der Waals surface area contributed by atoms with Crippen LogP contribution in [0.1, 0.15) is 40.4 Å². The fourth-order valence-electron chi connectivity index (χ4n) is 3.05. The number of nitrogens with zero attached hydrogens (tertiary/aromatic N) is 1. The molecule has 0 aromatic heterocycles. The molecule has 0 spiro atoms. The molecule has 1 atom stereocenters. The summed E-state index contributed by atoms with van der Waals surface area (Å²) in [6.07, 6.45) is 0.297. The van der Waals surface area contributed by atoms with Crippen LogP contribution in [0, 0.1) is 0 Å². The zero-order valence-electron chi connectivity index (χ0n) is 15.1. The molecule has 6 heteroatoms. The normalized spacial score (nSPS) is 14.7. The first-order chi connectivity index (χ1) is 13.1. The number of amides is 1. The Morgan fingerprint density at radius 2 is 1.89 bits per heavy atom. The third-order valence-corrected chi connectivity index (χ3v) is 4.45. The van der Waals surface area contributed by atoms with Gasteiger partial charge in [-0.15, -0.1) is 0 Å². The topological polar surface area (TPSA) is 72.9 Å². The van der Waals surface area contributed by atoms with Crippen molar-refractivity contribution in [3.05, 3.63) is 71.3 Å². The van der Waals surface area contributed by atoms with Crippen molar-refractivity contribution < 1.29 is 23.9 Å². The first kappa shape index (κ1) is 18.6. The molecule has 27 heavy (non-hydrogen) atoms. The lowest BCUT2D eigenvalue weighted by Crippen LogP contribution is -2.24. The van der Waals surface area contributed by atoms with Crippen LogP contribution >= 0.6 is 0 Å². The average Bonchev–Trinajstić information content (AvgIpc) is 3.10. The predicted molar refractivity (Wildman–Crippen MR) is 97.7 cm³/mol. The molecule has 140 valence electrons. The Kier molecular flexibility index (Phi) is 5.86. The zero-order valence-corrected chi connectivity index (χ0v) is 15.1. The molecule has 2 aromatic rings. The average molecular weight is 367 g/mol. The van der Waals surface area contributed by atoms with Gasteiger partial charge in [0.2, 0.25) is 12.0 Å². The summed E-state index contributed by atoms with van der Waals surface area (Å²) < 4.78 is 10.2. The fraction of sp³-hybridized carbons (Fsp3) is 0.286. The van der Waals surface area contributed by atoms with E-state index in [1.165, 1.54) is 7.11 Å². The van der Waals surface area contributed by atoms with Crippen LogP contribution in [0.3, 0.4) is 0 Å². The summed E-state index contributed by atoms with van der Waals surface area (Å²) in [7, 11) is 1.25. The second-order valence-corrected chi connectivity index (χ2v) is 6.34. The maximum absolute atomic E-state index is 12.6. The number of ether oxygens (including phenoxy) is 2. The first-order valence-electron chi connectivity index (χ1n) is 8.79. The molecule has 1 fully saturated rings. The Bertz CT molecular complexity index is 833. The molecule has 0 saturated carbocycles. The number of carbonyl (C=O) groups excluding carboxylic acids is 3. The van der Waals surface area contributed by atoms with Gasteiger partial charge in [0, 0.05) is 25.1 Å². The Hall–Kier alpha value is -3.15. The summed E-state index contributed by atoms with van der Waals surface area (Å²) in [6, 6.07) is 15.6. The molecule has 1 aliphatic heterocycles. The molecule has 1 saturated heterocycles. The zero-order chi connectivity index (χ0) is 19.2. The fourth-order valence-corrected chi connectivity index (χ4v) is 3.05. The largest absolute Gasteiger partial charge is 0.466 e. The van der Waals surface area contributed by atoms with Crippen molar-refractivity contribution in [2.75, 3.05) is 13.7 Å². The SMILES string of the molecule is COC(=O)C(OC(=O)c1cccc(CN2CCCC2=O)c1)c1ccccc1. The summed E-state index contributed by atoms with van der Waals surface area (Å²) >= 11 is 0. The first-order valence-corrected chi connectivity index (χ1v) is 8.79. The van der Waals surface area contributed by atoms with Crippen molar-refractivity contribution in [3.8, 4) is 0 Å². The minimum atomic E-state index is -1.13. The number of esters is 2. The maximum atomic E-state index is 12.6. The van der Waals surface area contributed by atoms with E-state index in [0.29, 0.717) is 24.1 Å². The van der Waals surface area contributed by atoms with Crippen LogP contribution < -0.4 is 0 Å². The van der Waals surface area contributed by atoms with E-state index in [4.69, 9.17) is 9.47 Å². The summed E-state index contributed by atoms with van der Waals surface area (Å²) in [5.74, 6) is -1.14. The monoisotopic (exact) mass is 367 g/mol. The Labute approximate surface area is 157 Å². The van der Waals surface area contributed by atoms with Crippen LogP contribution in [-0.2, 0) is 25.6 Å². The van der Waals surface area contributed by atoms with Crippen molar-refractivity contribution in [3.63, 3.8) is 0 Å². The van der Waals surface area contributed by atoms with E-state index in [0.717, 1.165) is 18.5 Å². The Balaban J connectivity index is 1.75. The second-order valence-electron chi connectivity index (χ2n) is 6.34. The number of hydrogen-bond acceptors (Lipinski definition) is 5. The van der Waals surface area contributed by atoms with Gasteiger partial charge in [0.15, 0.2) is 0 Å². The molecule has 6 nitrogen and oxygen atoms in total. The van der Waals surface area contributed by atoms with E-state index in [9.17, 15) is 14.4 Å². The standard InChI is InChI=1S/C21H21NO5/c1-26-21(25)19(16-8-3-2-4-9-16)27-20(24)17-10-5-7-15(13-17)14-22-12-6-11-18(22)23/h2-5,7-10,13,19H,6,11-12,14H2,1H3. The molecule has 1 amide bonds. The van der Waals surface area contributed by atoms with Gasteiger partial charge in [-0.25, -0.2) is 9.59 Å². The number of likely N-dealkylation sites (tertiary alicyclic amines) is 1. The molecular formula is C21H21NO5. The lowest BCUT2D eigenvalue weighted by Gasteiger charge is -2.17. The van der Waals surface area contributed by atoms with Gasteiger partial charge in [0.05, 0.1) is 12.7 Å². The van der Waals surface area contributed by atoms with Crippen LogP contribution in [0.25, 0.3) is 0 Å². The molecule has 3 rings (SSSR count). The van der Waals surface area contributed by atoms with Gasteiger partial charge in [-0.2, -0.15) is 0 Å². The van der Waals surface area contributed by atoms with E-state index < -0.39 is 18.0 Å². The molecule has 1 heterocycles. The number of benzene rings is 2. The van der Waals surface area contributed by atoms with Crippen LogP contribution in [0.2, 0.25) is 0 Å². The van der Waals surface area contributed by atoms with Gasteiger partial charge in [-0.05, 0) is 24.1 Å². The highest BCUT2D eigenvalue weighted by atomic mass is 16.6. The van der Waals surface area contributed by atoms with E-state index in [-0.39, 0.29) is 5.91 Å². The number of methoxy groups -OCH3 is 1. The van der Waals surface area contributed by atoms with Crippen molar-refractivity contribution >= 4 is 17.8 Å². The summed E-state index contributed by atoms with van der Waals surface area (Å²) in [6.45, 7) is 1.19. The van der Waals surface area contributed by atoms with Crippen molar-refractivity contribution in [1.29, 1.82) is 0 Å². The van der Waals surface area contributed by atoms with Gasteiger partial charge in [0.25, 0.3) is 0 Å². The maximum Gasteiger partial charge on any atom is 0.351 e. The molecule has 0 aliphatic carbocycles. The highest BCUT2D eigenvalue weighted by molar-refractivity contribution is 5.92. The molecule has 0 N–H and O–H groups in total. The van der Waals surface area contributed by atoms with Gasteiger partial charge in [0.1, 0.15) is 0 Å². The van der Waals surface area contributed by atoms with Crippen molar-refractivity contribution in [2.24, 2.45) is 0 Å². The highest BCUT2D eigenvalue weighted by Gasteiger charge is 2.26. The molecule has 0 bridgehead atoms. The minimum Gasteiger partial charge on any atom is -0.466 e. The van der Waals surface area contributed by atoms with E-state index in [1.54, 1.807) is 47.4 Å². The van der Waals surface area contributed by atoms with E-state index in [1.807, 2.05) is 12.1 Å². The Morgan fingerprint density at radius 3 is 2.56 bits per heavy atom. The lowest BCUT2D eigenvalue weighted by atomic mass is 10.1. The summed E-state index contributed by atoms with van der Waals surface area (Å²) in [5, 5.41) is 0. The van der Waals surface area contributed by atoms with E-state index >= 15 is 0 Å². The van der Waals surface area contributed by atoms with Crippen LogP contribution in [0.4, 0.5) is 0 Å². The molecule has 0 radical (unpaired) electrons. The molecule has 1 aliphatic rings. The molecule has 2 aromatic carbocycles. The van der Waals surface area contributed by atoms with Crippen molar-refractivity contribution in [2.45, 2.75) is 25.5 Å². The third kappa shape index (κ3) is 4.53. The number of carbonyl (C=O) groups is 3. The number of hydrogen-bond donors (Lipinski definition) is 0. The summed E-state index contributed by atoms with van der Waals surface area (Å²) in [5.41, 5.74) is 1.70. The number of rotatable bonds is 6. The van der Waals surface area contributed by atoms with E-state index in [2.05, 4.69) is 0 Å². The van der Waals surface area contributed by atoms with Gasteiger partial charge < -0.3 is 14.4 Å². The second kappa shape index (κ2) is 8.49. The smallest absolute Gasteiger partial charge is 0.351 e. The van der Waals surface area contributed by atoms with Crippen LogP contribution in [0.15, 0.2) is 54.6 Å². The minimum absolute atomic E-state index is 0.123.